The maximum Gasteiger partial charge on any atom is 0.235 e. The van der Waals surface area contributed by atoms with Crippen molar-refractivity contribution in [2.24, 2.45) is 0 Å². The van der Waals surface area contributed by atoms with E-state index in [1.165, 1.54) is 4.31 Å². The number of para-hydroxylation sites is 1. The molecule has 0 unspecified atom stereocenters. The van der Waals surface area contributed by atoms with Gasteiger partial charge < -0.3 is 10.1 Å². The highest BCUT2D eigenvalue weighted by Gasteiger charge is 2.52. The summed E-state index contributed by atoms with van der Waals surface area (Å²) in [5, 5.41) is 3.04. The fraction of sp³-hybridized carbons (Fsp3) is 0.381. The fourth-order valence-electron chi connectivity index (χ4n) is 3.85. The third kappa shape index (κ3) is 3.13. The van der Waals surface area contributed by atoms with Crippen LogP contribution >= 0.6 is 0 Å². The summed E-state index contributed by atoms with van der Waals surface area (Å²) in [5.41, 5.74) is 2.44. The monoisotopic (exact) mass is 400 g/mol. The van der Waals surface area contributed by atoms with E-state index in [9.17, 15) is 13.2 Å². The Morgan fingerprint density at radius 3 is 2.57 bits per heavy atom. The van der Waals surface area contributed by atoms with Crippen LogP contribution in [0.15, 0.2) is 42.5 Å². The number of amides is 1. The van der Waals surface area contributed by atoms with Crippen LogP contribution in [-0.4, -0.2) is 33.7 Å². The Morgan fingerprint density at radius 2 is 1.93 bits per heavy atom. The Balaban J connectivity index is 1.63. The minimum absolute atomic E-state index is 0.0819. The summed E-state index contributed by atoms with van der Waals surface area (Å²) in [4.78, 5) is 13.2. The van der Waals surface area contributed by atoms with E-state index in [1.54, 1.807) is 19.2 Å². The number of carbonyl (C=O) groups is 1. The zero-order chi connectivity index (χ0) is 19.9. The topological polar surface area (TPSA) is 75.7 Å². The molecule has 2 aromatic rings. The molecule has 2 aromatic carbocycles. The van der Waals surface area contributed by atoms with Crippen molar-refractivity contribution in [3.8, 4) is 5.75 Å². The minimum Gasteiger partial charge on any atom is -0.496 e. The number of anilines is 2. The molecule has 1 aliphatic carbocycles. The van der Waals surface area contributed by atoms with Gasteiger partial charge in [0, 0.05) is 17.8 Å². The van der Waals surface area contributed by atoms with Crippen molar-refractivity contribution in [3.05, 3.63) is 53.6 Å². The Bertz CT molecular complexity index is 1030. The number of nitrogens with zero attached hydrogens (tertiary/aromatic N) is 1. The Kier molecular flexibility index (Phi) is 4.57. The molecule has 1 amide bonds. The van der Waals surface area contributed by atoms with Gasteiger partial charge in [0.15, 0.2) is 0 Å². The molecule has 1 saturated heterocycles. The van der Waals surface area contributed by atoms with Crippen LogP contribution in [0.1, 0.15) is 30.4 Å². The first kappa shape index (κ1) is 18.8. The first-order valence-corrected chi connectivity index (χ1v) is 11.0. The average molecular weight is 401 g/mol. The molecular formula is C21H24N2O4S. The van der Waals surface area contributed by atoms with E-state index >= 15 is 0 Å². The Labute approximate surface area is 165 Å². The number of hydrogen-bond acceptors (Lipinski definition) is 4. The molecule has 0 aromatic heterocycles. The number of hydrogen-bond donors (Lipinski definition) is 1. The normalized spacial score (nSPS) is 19.3. The lowest BCUT2D eigenvalue weighted by Gasteiger charge is -2.21. The summed E-state index contributed by atoms with van der Waals surface area (Å²) in [6.45, 7) is 2.38. The summed E-state index contributed by atoms with van der Waals surface area (Å²) in [5.74, 6) is 0.796. The van der Waals surface area contributed by atoms with Gasteiger partial charge in [-0.1, -0.05) is 24.3 Å². The third-order valence-electron chi connectivity index (χ3n) is 5.66. The van der Waals surface area contributed by atoms with E-state index in [1.807, 2.05) is 37.3 Å². The summed E-state index contributed by atoms with van der Waals surface area (Å²) in [7, 11) is -1.65. The van der Waals surface area contributed by atoms with Gasteiger partial charge in [-0.3, -0.25) is 9.10 Å². The van der Waals surface area contributed by atoms with Crippen LogP contribution in [0.4, 0.5) is 11.4 Å². The van der Waals surface area contributed by atoms with Crippen molar-refractivity contribution in [1.82, 2.24) is 0 Å². The lowest BCUT2D eigenvalue weighted by molar-refractivity contribution is -0.118. The summed E-state index contributed by atoms with van der Waals surface area (Å²) in [6, 6.07) is 13.0. The summed E-state index contributed by atoms with van der Waals surface area (Å²) in [6.07, 6.45) is 2.14. The van der Waals surface area contributed by atoms with Gasteiger partial charge in [-0.15, -0.1) is 0 Å². The maximum absolute atomic E-state index is 13.2. The SMILES string of the molecule is COc1ccccc1C1(C(=O)Nc2cc(N3CCCS3(=O)=O)ccc2C)CC1. The van der Waals surface area contributed by atoms with Gasteiger partial charge in [-0.2, -0.15) is 0 Å². The molecule has 148 valence electrons. The van der Waals surface area contributed by atoms with Crippen LogP contribution in [-0.2, 0) is 20.2 Å². The van der Waals surface area contributed by atoms with Crippen LogP contribution in [0.25, 0.3) is 0 Å². The molecule has 28 heavy (non-hydrogen) atoms. The number of sulfonamides is 1. The lowest BCUT2D eigenvalue weighted by atomic mass is 9.93. The molecule has 2 aliphatic rings. The van der Waals surface area contributed by atoms with Gasteiger partial charge in [-0.25, -0.2) is 8.42 Å². The first-order valence-electron chi connectivity index (χ1n) is 9.43. The largest absolute Gasteiger partial charge is 0.496 e. The smallest absolute Gasteiger partial charge is 0.235 e. The number of aryl methyl sites for hydroxylation is 1. The second-order valence-corrected chi connectivity index (χ2v) is 9.49. The van der Waals surface area contributed by atoms with Crippen molar-refractivity contribution >= 4 is 27.3 Å². The van der Waals surface area contributed by atoms with E-state index in [0.29, 0.717) is 30.1 Å². The van der Waals surface area contributed by atoms with Gasteiger partial charge in [0.25, 0.3) is 0 Å². The van der Waals surface area contributed by atoms with Gasteiger partial charge >= 0.3 is 0 Å². The van der Waals surface area contributed by atoms with E-state index in [-0.39, 0.29) is 11.7 Å². The van der Waals surface area contributed by atoms with Gasteiger partial charge in [0.1, 0.15) is 5.75 Å². The second-order valence-electron chi connectivity index (χ2n) is 7.48. The molecule has 7 heteroatoms. The Hall–Kier alpha value is -2.54. The zero-order valence-electron chi connectivity index (χ0n) is 16.1. The molecule has 4 rings (SSSR count). The van der Waals surface area contributed by atoms with E-state index in [4.69, 9.17) is 4.74 Å². The standard InChI is InChI=1S/C21H24N2O4S/c1-15-8-9-16(23-12-5-13-28(23,25)26)14-18(15)22-20(24)21(10-11-21)17-6-3-4-7-19(17)27-2/h3-4,6-9,14H,5,10-13H2,1-2H3,(H,22,24). The third-order valence-corrected chi connectivity index (χ3v) is 7.53. The minimum atomic E-state index is -3.26. The van der Waals surface area contributed by atoms with Crippen LogP contribution in [0, 0.1) is 6.92 Å². The predicted molar refractivity (Wildman–Crippen MR) is 109 cm³/mol. The Morgan fingerprint density at radius 1 is 1.18 bits per heavy atom. The van der Waals surface area contributed by atoms with Crippen LogP contribution in [0.5, 0.6) is 5.75 Å². The quantitative estimate of drug-likeness (QED) is 0.836. The number of methoxy groups -OCH3 is 1. The highest BCUT2D eigenvalue weighted by molar-refractivity contribution is 7.93. The maximum atomic E-state index is 13.2. The molecule has 0 radical (unpaired) electrons. The molecule has 1 aliphatic heterocycles. The molecule has 0 bridgehead atoms. The van der Waals surface area contributed by atoms with E-state index in [0.717, 1.165) is 24.0 Å². The molecule has 0 atom stereocenters. The fourth-order valence-corrected chi connectivity index (χ4v) is 5.41. The van der Waals surface area contributed by atoms with E-state index in [2.05, 4.69) is 5.32 Å². The highest BCUT2D eigenvalue weighted by Crippen LogP contribution is 2.52. The number of carbonyl (C=O) groups excluding carboxylic acids is 1. The zero-order valence-corrected chi connectivity index (χ0v) is 16.9. The van der Waals surface area contributed by atoms with E-state index < -0.39 is 15.4 Å². The first-order chi connectivity index (χ1) is 13.4. The summed E-state index contributed by atoms with van der Waals surface area (Å²) >= 11 is 0. The number of nitrogens with one attached hydrogen (secondary N) is 1. The van der Waals surface area contributed by atoms with Gasteiger partial charge in [0.2, 0.25) is 15.9 Å². The molecule has 2 fully saturated rings. The average Bonchev–Trinajstić information content (AvgIpc) is 3.41. The molecule has 1 N–H and O–H groups in total. The van der Waals surface area contributed by atoms with Crippen LogP contribution in [0.3, 0.4) is 0 Å². The highest BCUT2D eigenvalue weighted by atomic mass is 32.2. The molecular weight excluding hydrogens is 376 g/mol. The molecule has 6 nitrogen and oxygen atoms in total. The van der Waals surface area contributed by atoms with Crippen molar-refractivity contribution in [3.63, 3.8) is 0 Å². The second kappa shape index (κ2) is 6.81. The van der Waals surface area contributed by atoms with Gasteiger partial charge in [0.05, 0.1) is 24.0 Å². The summed E-state index contributed by atoms with van der Waals surface area (Å²) < 4.78 is 31.3. The van der Waals surface area contributed by atoms with Crippen molar-refractivity contribution < 1.29 is 17.9 Å². The number of benzene rings is 2. The number of ether oxygens (including phenoxy) is 1. The number of rotatable bonds is 5. The molecule has 1 saturated carbocycles. The lowest BCUT2D eigenvalue weighted by Crippen LogP contribution is -2.29. The molecule has 0 spiro atoms. The van der Waals surface area contributed by atoms with Crippen molar-refractivity contribution in [2.75, 3.05) is 29.0 Å². The van der Waals surface area contributed by atoms with Crippen LogP contribution in [0.2, 0.25) is 0 Å². The molecule has 1 heterocycles. The van der Waals surface area contributed by atoms with Crippen molar-refractivity contribution in [1.29, 1.82) is 0 Å². The van der Waals surface area contributed by atoms with Gasteiger partial charge in [-0.05, 0) is 49.9 Å². The van der Waals surface area contributed by atoms with Crippen molar-refractivity contribution in [2.45, 2.75) is 31.6 Å². The predicted octanol–water partition coefficient (Wildman–Crippen LogP) is 3.21. The van der Waals surface area contributed by atoms with Crippen LogP contribution < -0.4 is 14.4 Å².